The lowest BCUT2D eigenvalue weighted by Gasteiger charge is -2.19. The Morgan fingerprint density at radius 3 is 2.33 bits per heavy atom. The summed E-state index contributed by atoms with van der Waals surface area (Å²) < 4.78 is 13.4. The zero-order valence-corrected chi connectivity index (χ0v) is 9.75. The van der Waals surface area contributed by atoms with Crippen LogP contribution in [0.4, 0.5) is 10.1 Å². The van der Waals surface area contributed by atoms with Gasteiger partial charge in [-0.25, -0.2) is 0 Å². The minimum atomic E-state index is -0.884. The molecule has 0 amide bonds. The lowest BCUT2D eigenvalue weighted by atomic mass is 10.2. The standard InChI is InChI=1S/C11H15FN2O4/c12-10-7-9(1-2-11(10)14(17)18)8-13(3-5-15)4-6-16/h1-2,7,15-16H,3-6,8H2. The van der Waals surface area contributed by atoms with Crippen molar-refractivity contribution in [3.05, 3.63) is 39.7 Å². The van der Waals surface area contributed by atoms with Crippen LogP contribution in [0.25, 0.3) is 0 Å². The van der Waals surface area contributed by atoms with E-state index in [0.29, 0.717) is 25.2 Å². The van der Waals surface area contributed by atoms with Gasteiger partial charge in [0.25, 0.3) is 0 Å². The molecule has 2 N–H and O–H groups in total. The molecular formula is C11H15FN2O4. The molecule has 0 heterocycles. The van der Waals surface area contributed by atoms with E-state index in [0.717, 1.165) is 12.1 Å². The van der Waals surface area contributed by atoms with Crippen LogP contribution in [0, 0.1) is 15.9 Å². The van der Waals surface area contributed by atoms with Crippen molar-refractivity contribution >= 4 is 5.69 Å². The average Bonchev–Trinajstić information content (AvgIpc) is 2.29. The van der Waals surface area contributed by atoms with E-state index in [1.54, 1.807) is 4.90 Å². The average molecular weight is 258 g/mol. The summed E-state index contributed by atoms with van der Waals surface area (Å²) in [7, 11) is 0. The monoisotopic (exact) mass is 258 g/mol. The molecule has 0 unspecified atom stereocenters. The van der Waals surface area contributed by atoms with Crippen LogP contribution in [0.15, 0.2) is 18.2 Å². The molecular weight excluding hydrogens is 243 g/mol. The van der Waals surface area contributed by atoms with Crippen LogP contribution >= 0.6 is 0 Å². The van der Waals surface area contributed by atoms with Gasteiger partial charge in [-0.3, -0.25) is 15.0 Å². The molecule has 0 saturated carbocycles. The molecule has 0 atom stereocenters. The summed E-state index contributed by atoms with van der Waals surface area (Å²) in [6, 6.07) is 3.67. The number of nitro groups is 1. The van der Waals surface area contributed by atoms with Gasteiger partial charge in [-0.2, -0.15) is 4.39 Å². The number of rotatable bonds is 7. The lowest BCUT2D eigenvalue weighted by molar-refractivity contribution is -0.387. The van der Waals surface area contributed by atoms with Crippen molar-refractivity contribution in [1.82, 2.24) is 4.90 Å². The number of halogens is 1. The van der Waals surface area contributed by atoms with Gasteiger partial charge in [-0.1, -0.05) is 6.07 Å². The maximum atomic E-state index is 13.4. The molecule has 0 radical (unpaired) electrons. The fourth-order valence-corrected chi connectivity index (χ4v) is 1.61. The van der Waals surface area contributed by atoms with Gasteiger partial charge in [-0.05, 0) is 11.6 Å². The van der Waals surface area contributed by atoms with E-state index in [9.17, 15) is 14.5 Å². The summed E-state index contributed by atoms with van der Waals surface area (Å²) in [5, 5.41) is 28.1. The minimum absolute atomic E-state index is 0.0739. The second kappa shape index (κ2) is 7.00. The fraction of sp³-hybridized carbons (Fsp3) is 0.455. The van der Waals surface area contributed by atoms with Gasteiger partial charge in [0.2, 0.25) is 5.82 Å². The highest BCUT2D eigenvalue weighted by Crippen LogP contribution is 2.18. The Labute approximate surface area is 103 Å². The van der Waals surface area contributed by atoms with E-state index in [4.69, 9.17) is 10.2 Å². The molecule has 0 aliphatic heterocycles. The first-order valence-electron chi connectivity index (χ1n) is 5.45. The molecule has 0 bridgehead atoms. The van der Waals surface area contributed by atoms with Crippen LogP contribution in [-0.4, -0.2) is 46.3 Å². The minimum Gasteiger partial charge on any atom is -0.395 e. The van der Waals surface area contributed by atoms with Crippen LogP contribution in [0.3, 0.4) is 0 Å². The predicted molar refractivity (Wildman–Crippen MR) is 62.5 cm³/mol. The Bertz CT molecular complexity index is 408. The lowest BCUT2D eigenvalue weighted by Crippen LogP contribution is -2.29. The summed E-state index contributed by atoms with van der Waals surface area (Å²) >= 11 is 0. The highest BCUT2D eigenvalue weighted by atomic mass is 19.1. The summed E-state index contributed by atoms with van der Waals surface area (Å²) in [5.41, 5.74) is -0.00498. The van der Waals surface area contributed by atoms with Crippen molar-refractivity contribution in [3.63, 3.8) is 0 Å². The smallest absolute Gasteiger partial charge is 0.304 e. The van der Waals surface area contributed by atoms with Crippen molar-refractivity contribution in [1.29, 1.82) is 0 Å². The first kappa shape index (κ1) is 14.5. The highest BCUT2D eigenvalue weighted by molar-refractivity contribution is 5.34. The Hall–Kier alpha value is -1.57. The molecule has 0 fully saturated rings. The van der Waals surface area contributed by atoms with Crippen LogP contribution in [0.5, 0.6) is 0 Å². The Morgan fingerprint density at radius 2 is 1.89 bits per heavy atom. The quantitative estimate of drug-likeness (QED) is 0.550. The molecule has 1 aromatic carbocycles. The van der Waals surface area contributed by atoms with Crippen LogP contribution in [-0.2, 0) is 6.54 Å². The topological polar surface area (TPSA) is 86.8 Å². The van der Waals surface area contributed by atoms with Crippen molar-refractivity contribution < 1.29 is 19.5 Å². The van der Waals surface area contributed by atoms with Crippen molar-refractivity contribution in [2.24, 2.45) is 0 Å². The van der Waals surface area contributed by atoms with E-state index in [1.165, 1.54) is 6.07 Å². The Kier molecular flexibility index (Phi) is 5.63. The third kappa shape index (κ3) is 4.02. The maximum Gasteiger partial charge on any atom is 0.304 e. The van der Waals surface area contributed by atoms with Gasteiger partial charge in [0.05, 0.1) is 18.1 Å². The third-order valence-electron chi connectivity index (χ3n) is 2.45. The molecule has 1 rings (SSSR count). The molecule has 18 heavy (non-hydrogen) atoms. The van der Waals surface area contributed by atoms with Gasteiger partial charge >= 0.3 is 5.69 Å². The number of aliphatic hydroxyl groups excluding tert-OH is 2. The van der Waals surface area contributed by atoms with Gasteiger partial charge in [0.1, 0.15) is 0 Å². The predicted octanol–water partition coefficient (Wildman–Crippen LogP) is 0.520. The van der Waals surface area contributed by atoms with Crippen molar-refractivity contribution in [2.75, 3.05) is 26.3 Å². The first-order chi connectivity index (χ1) is 8.58. The second-order valence-corrected chi connectivity index (χ2v) is 3.77. The van der Waals surface area contributed by atoms with E-state index in [-0.39, 0.29) is 13.2 Å². The normalized spacial score (nSPS) is 10.9. The summed E-state index contributed by atoms with van der Waals surface area (Å²) in [5.74, 6) is -0.884. The van der Waals surface area contributed by atoms with Crippen LogP contribution in [0.2, 0.25) is 0 Å². The number of hydrogen-bond donors (Lipinski definition) is 2. The SMILES string of the molecule is O=[N+]([O-])c1ccc(CN(CCO)CCO)cc1F. The molecule has 0 aromatic heterocycles. The summed E-state index contributed by atoms with van der Waals surface area (Å²) in [4.78, 5) is 11.4. The fourth-order valence-electron chi connectivity index (χ4n) is 1.61. The third-order valence-corrected chi connectivity index (χ3v) is 2.45. The van der Waals surface area contributed by atoms with Crippen LogP contribution in [0.1, 0.15) is 5.56 Å². The summed E-state index contributed by atoms with van der Waals surface area (Å²) in [6.07, 6.45) is 0. The molecule has 100 valence electrons. The van der Waals surface area contributed by atoms with Gasteiger partial charge in [0, 0.05) is 25.7 Å². The molecule has 0 saturated heterocycles. The Balaban J connectivity index is 2.77. The van der Waals surface area contributed by atoms with Crippen molar-refractivity contribution in [3.8, 4) is 0 Å². The Morgan fingerprint density at radius 1 is 1.28 bits per heavy atom. The number of nitrogens with zero attached hydrogens (tertiary/aromatic N) is 2. The molecule has 1 aromatic rings. The highest BCUT2D eigenvalue weighted by Gasteiger charge is 2.14. The second-order valence-electron chi connectivity index (χ2n) is 3.77. The first-order valence-corrected chi connectivity index (χ1v) is 5.45. The van der Waals surface area contributed by atoms with Crippen molar-refractivity contribution in [2.45, 2.75) is 6.54 Å². The number of benzene rings is 1. The van der Waals surface area contributed by atoms with Gasteiger partial charge < -0.3 is 10.2 Å². The zero-order chi connectivity index (χ0) is 13.5. The maximum absolute atomic E-state index is 13.4. The largest absolute Gasteiger partial charge is 0.395 e. The zero-order valence-electron chi connectivity index (χ0n) is 9.75. The molecule has 0 spiro atoms. The van der Waals surface area contributed by atoms with E-state index in [2.05, 4.69) is 0 Å². The van der Waals surface area contributed by atoms with E-state index >= 15 is 0 Å². The van der Waals surface area contributed by atoms with E-state index in [1.807, 2.05) is 0 Å². The number of aliphatic hydroxyl groups is 2. The van der Waals surface area contributed by atoms with E-state index < -0.39 is 16.4 Å². The molecule has 0 aliphatic carbocycles. The number of nitro benzene ring substituents is 1. The van der Waals surface area contributed by atoms with Crippen LogP contribution < -0.4 is 0 Å². The van der Waals surface area contributed by atoms with Gasteiger partial charge in [0.15, 0.2) is 0 Å². The molecule has 7 heteroatoms. The molecule has 0 aliphatic rings. The van der Waals surface area contributed by atoms with Gasteiger partial charge in [-0.15, -0.1) is 0 Å². The molecule has 6 nitrogen and oxygen atoms in total. The number of hydrogen-bond acceptors (Lipinski definition) is 5. The summed E-state index contributed by atoms with van der Waals surface area (Å²) in [6.45, 7) is 0.860.